The Kier molecular flexibility index (Phi) is 13.7. The number of halogens is 1. The van der Waals surface area contributed by atoms with Gasteiger partial charge in [-0.15, -0.1) is 0 Å². The van der Waals surface area contributed by atoms with Crippen molar-refractivity contribution >= 4 is 7.82 Å². The van der Waals surface area contributed by atoms with E-state index in [1.807, 2.05) is 152 Å². The molecule has 0 aliphatic carbocycles. The number of rotatable bonds is 18. The molecule has 0 spiro atoms. The van der Waals surface area contributed by atoms with Crippen LogP contribution in [0.4, 0.5) is 4.39 Å². The van der Waals surface area contributed by atoms with Gasteiger partial charge in [-0.1, -0.05) is 152 Å². The van der Waals surface area contributed by atoms with E-state index in [0.29, 0.717) is 0 Å². The normalized spacial score (nSPS) is 20.6. The summed E-state index contributed by atoms with van der Waals surface area (Å²) < 4.78 is 73.9. The van der Waals surface area contributed by atoms with E-state index in [9.17, 15) is 4.57 Å². The van der Waals surface area contributed by atoms with Crippen LogP contribution in [0.25, 0.3) is 0 Å². The van der Waals surface area contributed by atoms with Crippen LogP contribution in [0.5, 0.6) is 0 Å². The minimum Gasteiger partial charge on any atom is -0.374 e. The molecule has 6 rings (SSSR count). The molecular weight excluding hydrogens is 670 g/mol. The summed E-state index contributed by atoms with van der Waals surface area (Å²) in [6.45, 7) is 0.353. The molecule has 10 heteroatoms. The Morgan fingerprint density at radius 3 is 1.31 bits per heavy atom. The maximum atomic E-state index is 16.9. The number of benzene rings is 5. The minimum atomic E-state index is -4.44. The zero-order chi connectivity index (χ0) is 35.1. The van der Waals surface area contributed by atoms with Gasteiger partial charge in [0.15, 0.2) is 6.17 Å². The van der Waals surface area contributed by atoms with E-state index in [1.54, 1.807) is 0 Å². The van der Waals surface area contributed by atoms with E-state index in [0.717, 1.165) is 27.8 Å². The van der Waals surface area contributed by atoms with Crippen molar-refractivity contribution in [3.8, 4) is 0 Å². The highest BCUT2D eigenvalue weighted by atomic mass is 31.2. The van der Waals surface area contributed by atoms with Gasteiger partial charge in [0.1, 0.15) is 18.3 Å². The average molecular weight is 713 g/mol. The summed E-state index contributed by atoms with van der Waals surface area (Å²) in [5.41, 5.74) is 4.16. The second-order valence-electron chi connectivity index (χ2n) is 12.1. The zero-order valence-electron chi connectivity index (χ0n) is 28.2. The van der Waals surface area contributed by atoms with Crippen LogP contribution >= 0.6 is 7.82 Å². The number of hydrogen-bond donors (Lipinski definition) is 0. The summed E-state index contributed by atoms with van der Waals surface area (Å²) in [4.78, 5) is 0. The Morgan fingerprint density at radius 2 is 0.882 bits per heavy atom. The highest BCUT2D eigenvalue weighted by molar-refractivity contribution is 7.48. The fourth-order valence-electron chi connectivity index (χ4n) is 5.56. The predicted molar refractivity (Wildman–Crippen MR) is 191 cm³/mol. The highest BCUT2D eigenvalue weighted by Gasteiger charge is 2.51. The van der Waals surface area contributed by atoms with Crippen molar-refractivity contribution in [1.29, 1.82) is 0 Å². The summed E-state index contributed by atoms with van der Waals surface area (Å²) in [7, 11) is -4.44. The first-order valence-corrected chi connectivity index (χ1v) is 18.4. The molecule has 0 radical (unpaired) electrons. The standard InChI is InChI=1S/C41H42FO8P/c42-38-40(46-28-34-20-10-3-11-21-34)39(45-27-33-18-8-2-9-19-33)37(31-44-26-32-16-6-1-7-17-32)49-41(38)50-51(43,47-29-35-22-12-4-13-23-35)48-30-36-24-14-5-15-25-36/h1-25,37-41H,26-31H2/t37-,38-,39+,40-,41+/m1/s1. The van der Waals surface area contributed by atoms with Crippen LogP contribution in [0.2, 0.25) is 0 Å². The van der Waals surface area contributed by atoms with Gasteiger partial charge >= 0.3 is 7.82 Å². The van der Waals surface area contributed by atoms with Crippen molar-refractivity contribution in [2.75, 3.05) is 6.61 Å². The molecule has 1 saturated heterocycles. The molecule has 5 atom stereocenters. The molecule has 5 aromatic rings. The molecule has 5 aromatic carbocycles. The van der Waals surface area contributed by atoms with Crippen LogP contribution in [0.1, 0.15) is 27.8 Å². The van der Waals surface area contributed by atoms with Crippen LogP contribution in [0.3, 0.4) is 0 Å². The van der Waals surface area contributed by atoms with Gasteiger partial charge in [-0.25, -0.2) is 8.96 Å². The SMILES string of the molecule is O=P(OCc1ccccc1)(OCc1ccccc1)O[C@@H]1O[C@H](COCc2ccccc2)[C@H](OCc2ccccc2)[C@H](OCc2ccccc2)[C@H]1F. The Morgan fingerprint density at radius 1 is 0.510 bits per heavy atom. The maximum Gasteiger partial charge on any atom is 0.477 e. The fraction of sp³-hybridized carbons (Fsp3) is 0.268. The first kappa shape index (κ1) is 36.8. The minimum absolute atomic E-state index is 0.00613. The molecular formula is C41H42FO8P. The van der Waals surface area contributed by atoms with Gasteiger partial charge in [-0.05, 0) is 27.8 Å². The Balaban J connectivity index is 1.26. The summed E-state index contributed by atoms with van der Waals surface area (Å²) in [6.07, 6.45) is -6.66. The molecule has 266 valence electrons. The van der Waals surface area contributed by atoms with E-state index in [1.165, 1.54) is 0 Å². The molecule has 1 aliphatic rings. The number of hydrogen-bond acceptors (Lipinski definition) is 8. The lowest BCUT2D eigenvalue weighted by Gasteiger charge is -2.43. The second-order valence-corrected chi connectivity index (χ2v) is 13.7. The Hall–Kier alpha value is -4.02. The van der Waals surface area contributed by atoms with E-state index >= 15 is 4.39 Å². The molecule has 1 fully saturated rings. The van der Waals surface area contributed by atoms with Gasteiger partial charge in [0, 0.05) is 0 Å². The molecule has 0 amide bonds. The van der Waals surface area contributed by atoms with E-state index in [2.05, 4.69) is 0 Å². The molecule has 1 heterocycles. The van der Waals surface area contributed by atoms with Crippen molar-refractivity contribution in [2.24, 2.45) is 0 Å². The van der Waals surface area contributed by atoms with Gasteiger partial charge in [-0.3, -0.25) is 13.6 Å². The van der Waals surface area contributed by atoms with E-state index in [-0.39, 0.29) is 39.6 Å². The van der Waals surface area contributed by atoms with Gasteiger partial charge < -0.3 is 18.9 Å². The molecule has 0 saturated carbocycles. The van der Waals surface area contributed by atoms with Gasteiger partial charge in [0.05, 0.1) is 39.6 Å². The van der Waals surface area contributed by atoms with E-state index < -0.39 is 38.6 Å². The number of phosphoric ester groups is 1. The lowest BCUT2D eigenvalue weighted by atomic mass is 9.99. The lowest BCUT2D eigenvalue weighted by molar-refractivity contribution is -0.289. The van der Waals surface area contributed by atoms with Gasteiger partial charge in [0.2, 0.25) is 6.29 Å². The van der Waals surface area contributed by atoms with Crippen molar-refractivity contribution in [2.45, 2.75) is 63.8 Å². The molecule has 0 N–H and O–H groups in total. The summed E-state index contributed by atoms with van der Waals surface area (Å²) in [5, 5.41) is 0. The third-order valence-electron chi connectivity index (χ3n) is 8.23. The van der Waals surface area contributed by atoms with Crippen LogP contribution in [-0.2, 0) is 70.1 Å². The Labute approximate surface area is 298 Å². The predicted octanol–water partition coefficient (Wildman–Crippen LogP) is 9.00. The van der Waals surface area contributed by atoms with Gasteiger partial charge in [0.25, 0.3) is 0 Å². The Bertz CT molecular complexity index is 1700. The lowest BCUT2D eigenvalue weighted by Crippen LogP contribution is -2.59. The molecule has 0 aromatic heterocycles. The van der Waals surface area contributed by atoms with Crippen LogP contribution in [-0.4, -0.2) is 37.4 Å². The van der Waals surface area contributed by atoms with Gasteiger partial charge in [-0.2, -0.15) is 0 Å². The second kappa shape index (κ2) is 19.0. The third kappa shape index (κ3) is 11.2. The van der Waals surface area contributed by atoms with Crippen LogP contribution < -0.4 is 0 Å². The number of phosphoric acid groups is 1. The third-order valence-corrected chi connectivity index (χ3v) is 9.59. The smallest absolute Gasteiger partial charge is 0.374 e. The van der Waals surface area contributed by atoms with Crippen molar-refractivity contribution in [1.82, 2.24) is 0 Å². The summed E-state index contributed by atoms with van der Waals surface area (Å²) >= 11 is 0. The largest absolute Gasteiger partial charge is 0.477 e. The van der Waals surface area contributed by atoms with Crippen molar-refractivity contribution in [3.63, 3.8) is 0 Å². The summed E-state index contributed by atoms with van der Waals surface area (Å²) in [6, 6.07) is 47.0. The van der Waals surface area contributed by atoms with Crippen molar-refractivity contribution < 1.29 is 41.5 Å². The first-order valence-electron chi connectivity index (χ1n) is 16.9. The maximum absolute atomic E-state index is 16.9. The zero-order valence-corrected chi connectivity index (χ0v) is 29.0. The van der Waals surface area contributed by atoms with Crippen LogP contribution in [0, 0.1) is 0 Å². The molecule has 51 heavy (non-hydrogen) atoms. The molecule has 1 aliphatic heterocycles. The topological polar surface area (TPSA) is 81.7 Å². The highest BCUT2D eigenvalue weighted by Crippen LogP contribution is 2.53. The molecule has 0 bridgehead atoms. The number of alkyl halides is 1. The number of ether oxygens (including phenoxy) is 4. The quantitative estimate of drug-likeness (QED) is 0.0834. The van der Waals surface area contributed by atoms with Crippen molar-refractivity contribution in [3.05, 3.63) is 179 Å². The summed E-state index contributed by atoms with van der Waals surface area (Å²) in [5.74, 6) is 0. The monoisotopic (exact) mass is 712 g/mol. The fourth-order valence-corrected chi connectivity index (χ4v) is 6.79. The molecule has 0 unspecified atom stereocenters. The van der Waals surface area contributed by atoms with Crippen LogP contribution in [0.15, 0.2) is 152 Å². The van der Waals surface area contributed by atoms with E-state index in [4.69, 9.17) is 32.5 Å². The first-order chi connectivity index (χ1) is 25.0. The molecule has 8 nitrogen and oxygen atoms in total. The average Bonchev–Trinajstić information content (AvgIpc) is 3.18.